The van der Waals surface area contributed by atoms with Gasteiger partial charge in [0.15, 0.2) is 0 Å². The molecule has 1 fully saturated rings. The van der Waals surface area contributed by atoms with E-state index in [1.165, 1.54) is 16.0 Å². The molecule has 0 atom stereocenters. The molecule has 1 saturated heterocycles. The zero-order valence-corrected chi connectivity index (χ0v) is 16.1. The highest BCUT2D eigenvalue weighted by Gasteiger charge is 2.21. The Labute approximate surface area is 154 Å². The number of carbonyl (C=O) groups is 1. The van der Waals surface area contributed by atoms with Crippen LogP contribution in [-0.2, 0) is 5.75 Å². The molecule has 1 aliphatic rings. The van der Waals surface area contributed by atoms with Gasteiger partial charge in [0.05, 0.1) is 5.56 Å². The van der Waals surface area contributed by atoms with E-state index in [1.54, 1.807) is 18.0 Å². The SMILES string of the molecule is Cc1ccc(SCc2cncc(C(=O)N3CCC(C)CC3)c2)c(C)c1. The van der Waals surface area contributed by atoms with Gasteiger partial charge in [-0.25, -0.2) is 0 Å². The summed E-state index contributed by atoms with van der Waals surface area (Å²) in [5.74, 6) is 1.68. The van der Waals surface area contributed by atoms with E-state index >= 15 is 0 Å². The minimum Gasteiger partial charge on any atom is -0.339 e. The summed E-state index contributed by atoms with van der Waals surface area (Å²) in [6, 6.07) is 8.53. The summed E-state index contributed by atoms with van der Waals surface area (Å²) < 4.78 is 0. The number of likely N-dealkylation sites (tertiary alicyclic amines) is 1. The van der Waals surface area contributed by atoms with Crippen LogP contribution in [0.5, 0.6) is 0 Å². The number of hydrogen-bond donors (Lipinski definition) is 0. The lowest BCUT2D eigenvalue weighted by Gasteiger charge is -2.30. The van der Waals surface area contributed by atoms with Gasteiger partial charge in [-0.05, 0) is 55.9 Å². The number of benzene rings is 1. The van der Waals surface area contributed by atoms with Crippen molar-refractivity contribution in [3.63, 3.8) is 0 Å². The van der Waals surface area contributed by atoms with Crippen molar-refractivity contribution in [2.45, 2.75) is 44.3 Å². The third-order valence-corrected chi connectivity index (χ3v) is 6.08. The fourth-order valence-corrected chi connectivity index (χ4v) is 4.13. The lowest BCUT2D eigenvalue weighted by molar-refractivity contribution is 0.0696. The number of aromatic nitrogens is 1. The average Bonchev–Trinajstić information content (AvgIpc) is 2.61. The molecule has 1 aromatic heterocycles. The summed E-state index contributed by atoms with van der Waals surface area (Å²) >= 11 is 1.80. The Morgan fingerprint density at radius 2 is 1.96 bits per heavy atom. The molecule has 132 valence electrons. The van der Waals surface area contributed by atoms with Gasteiger partial charge in [0.1, 0.15) is 0 Å². The number of thioether (sulfide) groups is 1. The maximum atomic E-state index is 12.7. The Morgan fingerprint density at radius 3 is 2.68 bits per heavy atom. The van der Waals surface area contributed by atoms with Crippen LogP contribution in [0.4, 0.5) is 0 Å². The lowest BCUT2D eigenvalue weighted by Crippen LogP contribution is -2.37. The monoisotopic (exact) mass is 354 g/mol. The largest absolute Gasteiger partial charge is 0.339 e. The van der Waals surface area contributed by atoms with Crippen molar-refractivity contribution < 1.29 is 4.79 Å². The van der Waals surface area contributed by atoms with Crippen LogP contribution in [0.25, 0.3) is 0 Å². The third kappa shape index (κ3) is 4.63. The second-order valence-corrected chi connectivity index (χ2v) is 8.13. The highest BCUT2D eigenvalue weighted by molar-refractivity contribution is 7.98. The number of hydrogen-bond acceptors (Lipinski definition) is 3. The molecule has 2 aromatic rings. The highest BCUT2D eigenvalue weighted by atomic mass is 32.2. The predicted octanol–water partition coefficient (Wildman–Crippen LogP) is 4.86. The van der Waals surface area contributed by atoms with E-state index in [-0.39, 0.29) is 5.91 Å². The molecule has 0 bridgehead atoms. The molecule has 0 unspecified atom stereocenters. The van der Waals surface area contributed by atoms with Crippen LogP contribution in [0.3, 0.4) is 0 Å². The Kier molecular flexibility index (Phi) is 5.79. The van der Waals surface area contributed by atoms with Crippen LogP contribution in [0.15, 0.2) is 41.6 Å². The Morgan fingerprint density at radius 1 is 1.20 bits per heavy atom. The van der Waals surface area contributed by atoms with E-state index in [0.717, 1.165) is 43.2 Å². The first-order chi connectivity index (χ1) is 12.0. The molecule has 1 aromatic carbocycles. The van der Waals surface area contributed by atoms with E-state index in [4.69, 9.17) is 0 Å². The van der Waals surface area contributed by atoms with Gasteiger partial charge in [-0.15, -0.1) is 11.8 Å². The molecule has 2 heterocycles. The van der Waals surface area contributed by atoms with Crippen LogP contribution < -0.4 is 0 Å². The van der Waals surface area contributed by atoms with E-state index in [9.17, 15) is 4.79 Å². The van der Waals surface area contributed by atoms with Crippen LogP contribution in [0, 0.1) is 19.8 Å². The molecule has 1 aliphatic heterocycles. The molecule has 0 spiro atoms. The molecule has 0 N–H and O–H groups in total. The number of rotatable bonds is 4. The molecule has 1 amide bonds. The van der Waals surface area contributed by atoms with Gasteiger partial charge in [0, 0.05) is 36.1 Å². The fourth-order valence-electron chi connectivity index (χ4n) is 3.20. The number of carbonyl (C=O) groups excluding carboxylic acids is 1. The second kappa shape index (κ2) is 8.05. The standard InChI is InChI=1S/C21H26N2OS/c1-15-6-8-23(9-7-15)21(24)19-11-18(12-22-13-19)14-25-20-5-4-16(2)10-17(20)3/h4-5,10-13,15H,6-9,14H2,1-3H3. The number of pyridine rings is 1. The van der Waals surface area contributed by atoms with Gasteiger partial charge in [0.25, 0.3) is 5.91 Å². The van der Waals surface area contributed by atoms with Gasteiger partial charge in [-0.1, -0.05) is 24.6 Å². The molecule has 0 radical (unpaired) electrons. The van der Waals surface area contributed by atoms with Crippen molar-refractivity contribution in [2.75, 3.05) is 13.1 Å². The number of piperidine rings is 1. The van der Waals surface area contributed by atoms with Crippen LogP contribution >= 0.6 is 11.8 Å². The molecule has 0 saturated carbocycles. The molecule has 4 heteroatoms. The number of aryl methyl sites for hydroxylation is 2. The normalized spacial score (nSPS) is 15.4. The Hall–Kier alpha value is -1.81. The summed E-state index contributed by atoms with van der Waals surface area (Å²) in [5, 5.41) is 0. The minimum atomic E-state index is 0.123. The summed E-state index contributed by atoms with van der Waals surface area (Å²) in [6.07, 6.45) is 5.76. The van der Waals surface area contributed by atoms with Crippen LogP contribution in [0.1, 0.15) is 46.8 Å². The summed E-state index contributed by atoms with van der Waals surface area (Å²) in [4.78, 5) is 20.3. The third-order valence-electron chi connectivity index (χ3n) is 4.84. The van der Waals surface area contributed by atoms with Crippen LogP contribution in [-0.4, -0.2) is 28.9 Å². The van der Waals surface area contributed by atoms with Crippen LogP contribution in [0.2, 0.25) is 0 Å². The van der Waals surface area contributed by atoms with Crippen molar-refractivity contribution in [3.8, 4) is 0 Å². The van der Waals surface area contributed by atoms with Crippen molar-refractivity contribution in [1.29, 1.82) is 0 Å². The zero-order chi connectivity index (χ0) is 17.8. The van der Waals surface area contributed by atoms with Crippen molar-refractivity contribution >= 4 is 17.7 Å². The maximum Gasteiger partial charge on any atom is 0.255 e. The van der Waals surface area contributed by atoms with E-state index in [0.29, 0.717) is 5.56 Å². The van der Waals surface area contributed by atoms with Crippen molar-refractivity contribution in [3.05, 3.63) is 58.9 Å². The van der Waals surface area contributed by atoms with E-state index < -0.39 is 0 Å². The van der Waals surface area contributed by atoms with E-state index in [2.05, 4.69) is 44.0 Å². The van der Waals surface area contributed by atoms with Crippen molar-refractivity contribution in [2.24, 2.45) is 5.92 Å². The molecule has 3 rings (SSSR count). The fraction of sp³-hybridized carbons (Fsp3) is 0.429. The van der Waals surface area contributed by atoms with Gasteiger partial charge >= 0.3 is 0 Å². The quantitative estimate of drug-likeness (QED) is 0.735. The zero-order valence-electron chi connectivity index (χ0n) is 15.3. The molecule has 25 heavy (non-hydrogen) atoms. The van der Waals surface area contributed by atoms with Gasteiger partial charge in [-0.2, -0.15) is 0 Å². The minimum absolute atomic E-state index is 0.123. The summed E-state index contributed by atoms with van der Waals surface area (Å²) in [7, 11) is 0. The molecule has 3 nitrogen and oxygen atoms in total. The smallest absolute Gasteiger partial charge is 0.255 e. The summed E-state index contributed by atoms with van der Waals surface area (Å²) in [5.41, 5.74) is 4.40. The maximum absolute atomic E-state index is 12.7. The number of amides is 1. The van der Waals surface area contributed by atoms with E-state index in [1.807, 2.05) is 17.2 Å². The predicted molar refractivity (Wildman–Crippen MR) is 104 cm³/mol. The topological polar surface area (TPSA) is 33.2 Å². The first-order valence-electron chi connectivity index (χ1n) is 8.96. The van der Waals surface area contributed by atoms with Gasteiger partial charge in [0.2, 0.25) is 0 Å². The van der Waals surface area contributed by atoms with Crippen molar-refractivity contribution in [1.82, 2.24) is 9.88 Å². The second-order valence-electron chi connectivity index (χ2n) is 7.11. The summed E-state index contributed by atoms with van der Waals surface area (Å²) in [6.45, 7) is 8.24. The molecular formula is C21H26N2OS. The highest BCUT2D eigenvalue weighted by Crippen LogP contribution is 2.27. The lowest BCUT2D eigenvalue weighted by atomic mass is 9.99. The molecule has 0 aliphatic carbocycles. The van der Waals surface area contributed by atoms with Gasteiger partial charge in [-0.3, -0.25) is 9.78 Å². The first kappa shape index (κ1) is 18.0. The Bertz CT molecular complexity index is 751. The van der Waals surface area contributed by atoms with Gasteiger partial charge < -0.3 is 4.90 Å². The Balaban J connectivity index is 1.66. The average molecular weight is 355 g/mol. The molecular weight excluding hydrogens is 328 g/mol. The number of nitrogens with zero attached hydrogens (tertiary/aromatic N) is 2. The first-order valence-corrected chi connectivity index (χ1v) is 9.95.